The summed E-state index contributed by atoms with van der Waals surface area (Å²) in [7, 11) is 5.93. The van der Waals surface area contributed by atoms with Crippen molar-refractivity contribution >= 4 is 17.9 Å². The number of esters is 2. The molecular formula is C65H125NO8. The topological polar surface area (TPSA) is 111 Å². The number of rotatable bonds is 61. The van der Waals surface area contributed by atoms with E-state index in [0.717, 1.165) is 51.4 Å². The van der Waals surface area contributed by atoms with Gasteiger partial charge in [0.05, 0.1) is 40.3 Å². The van der Waals surface area contributed by atoms with E-state index in [4.69, 9.17) is 18.9 Å². The second kappa shape index (κ2) is 57.2. The number of likely N-dealkylation sites (N-methyl/N-ethyl adjacent to an activating group) is 1. The number of carboxylic acids is 1. The van der Waals surface area contributed by atoms with E-state index < -0.39 is 24.3 Å². The summed E-state index contributed by atoms with van der Waals surface area (Å²) in [5.41, 5.74) is 0. The van der Waals surface area contributed by atoms with Gasteiger partial charge in [-0.25, -0.2) is 0 Å². The van der Waals surface area contributed by atoms with Gasteiger partial charge < -0.3 is 33.3 Å². The number of ether oxygens (including phenoxy) is 4. The Morgan fingerprint density at radius 1 is 0.392 bits per heavy atom. The maximum Gasteiger partial charge on any atom is 0.306 e. The summed E-state index contributed by atoms with van der Waals surface area (Å²) in [6.07, 6.45) is 64.6. The van der Waals surface area contributed by atoms with Crippen LogP contribution >= 0.6 is 0 Å². The van der Waals surface area contributed by atoms with Gasteiger partial charge in [-0.1, -0.05) is 289 Å². The first-order chi connectivity index (χ1) is 36.1. The molecule has 0 saturated heterocycles. The molecule has 0 aliphatic rings. The van der Waals surface area contributed by atoms with Crippen molar-refractivity contribution in [2.75, 3.05) is 47.5 Å². The largest absolute Gasteiger partial charge is 0.545 e. The molecule has 0 aliphatic carbocycles. The number of allylic oxidation sites excluding steroid dienone is 2. The SMILES string of the molecule is CCCCC/C=C\CCCCCCCC(=O)OC(COC(=O)CCCCCCCCCCCCCCCCCCCCCCCCCCCCCCCCCCCCCCC)COC(OCC[N+](C)(C)C)C(=O)[O-]. The Morgan fingerprint density at radius 2 is 0.689 bits per heavy atom. The highest BCUT2D eigenvalue weighted by atomic mass is 16.7. The predicted octanol–water partition coefficient (Wildman–Crippen LogP) is 18.0. The number of nitrogens with zero attached hydrogens (tertiary/aromatic N) is 1. The molecule has 0 aromatic heterocycles. The van der Waals surface area contributed by atoms with Crippen molar-refractivity contribution < 1.29 is 42.9 Å². The Morgan fingerprint density at radius 3 is 1.03 bits per heavy atom. The van der Waals surface area contributed by atoms with Crippen molar-refractivity contribution in [2.45, 2.75) is 341 Å². The van der Waals surface area contributed by atoms with Gasteiger partial charge in [0.2, 0.25) is 0 Å². The summed E-state index contributed by atoms with van der Waals surface area (Å²) >= 11 is 0. The van der Waals surface area contributed by atoms with Gasteiger partial charge in [-0.3, -0.25) is 9.59 Å². The molecule has 0 fully saturated rings. The van der Waals surface area contributed by atoms with Crippen molar-refractivity contribution in [1.82, 2.24) is 0 Å². The first-order valence-electron chi connectivity index (χ1n) is 32.3. The highest BCUT2D eigenvalue weighted by molar-refractivity contribution is 5.70. The second-order valence-electron chi connectivity index (χ2n) is 23.4. The third-order valence-electron chi connectivity index (χ3n) is 14.8. The summed E-state index contributed by atoms with van der Waals surface area (Å²) < 4.78 is 22.7. The van der Waals surface area contributed by atoms with Crippen molar-refractivity contribution in [2.24, 2.45) is 0 Å². The predicted molar refractivity (Wildman–Crippen MR) is 311 cm³/mol. The number of quaternary nitrogens is 1. The first-order valence-corrected chi connectivity index (χ1v) is 32.3. The molecule has 2 atom stereocenters. The molecule has 74 heavy (non-hydrogen) atoms. The van der Waals surface area contributed by atoms with Gasteiger partial charge in [0, 0.05) is 12.8 Å². The molecule has 0 spiro atoms. The van der Waals surface area contributed by atoms with E-state index in [1.54, 1.807) is 0 Å². The number of carboxylic acid groups (broad SMARTS) is 1. The van der Waals surface area contributed by atoms with Crippen molar-refractivity contribution in [3.8, 4) is 0 Å². The number of hydrogen-bond donors (Lipinski definition) is 0. The summed E-state index contributed by atoms with van der Waals surface area (Å²) in [6.45, 7) is 4.76. The lowest BCUT2D eigenvalue weighted by Crippen LogP contribution is -2.44. The molecule has 0 N–H and O–H groups in total. The van der Waals surface area contributed by atoms with E-state index in [2.05, 4.69) is 26.0 Å². The van der Waals surface area contributed by atoms with Crippen LogP contribution in [0, 0.1) is 0 Å². The number of unbranched alkanes of at least 4 members (excludes halogenated alkanes) is 44. The maximum absolute atomic E-state index is 12.8. The number of hydrogen-bond acceptors (Lipinski definition) is 8. The monoisotopic (exact) mass is 1050 g/mol. The molecule has 9 nitrogen and oxygen atoms in total. The van der Waals surface area contributed by atoms with E-state index in [1.165, 1.54) is 244 Å². The van der Waals surface area contributed by atoms with Gasteiger partial charge >= 0.3 is 11.9 Å². The minimum Gasteiger partial charge on any atom is -0.545 e. The zero-order chi connectivity index (χ0) is 54.1. The summed E-state index contributed by atoms with van der Waals surface area (Å²) in [6, 6.07) is 0. The van der Waals surface area contributed by atoms with E-state index in [9.17, 15) is 19.5 Å². The Kier molecular flexibility index (Phi) is 55.7. The molecule has 0 radical (unpaired) electrons. The van der Waals surface area contributed by atoms with Crippen molar-refractivity contribution in [3.05, 3.63) is 12.2 Å². The molecule has 0 saturated carbocycles. The fourth-order valence-corrected chi connectivity index (χ4v) is 9.77. The van der Waals surface area contributed by atoms with E-state index in [0.29, 0.717) is 23.9 Å². The summed E-state index contributed by atoms with van der Waals surface area (Å²) in [5.74, 6) is -2.27. The molecule has 0 bridgehead atoms. The molecule has 0 aromatic carbocycles. The third-order valence-corrected chi connectivity index (χ3v) is 14.8. The zero-order valence-corrected chi connectivity index (χ0v) is 50.0. The van der Waals surface area contributed by atoms with Gasteiger partial charge in [-0.15, -0.1) is 0 Å². The number of aliphatic carboxylic acids is 1. The van der Waals surface area contributed by atoms with Gasteiger partial charge in [-0.05, 0) is 38.5 Å². The van der Waals surface area contributed by atoms with Crippen LogP contribution in [0.1, 0.15) is 328 Å². The van der Waals surface area contributed by atoms with Crippen LogP contribution < -0.4 is 5.11 Å². The fraction of sp³-hybridized carbons (Fsp3) is 0.923. The Balaban J connectivity index is 3.87. The molecule has 0 aliphatic heterocycles. The van der Waals surface area contributed by atoms with Crippen LogP contribution in [-0.4, -0.2) is 82.3 Å². The molecule has 0 rings (SSSR count). The minimum absolute atomic E-state index is 0.149. The average Bonchev–Trinajstić information content (AvgIpc) is 3.37. The molecule has 0 amide bonds. The lowest BCUT2D eigenvalue weighted by atomic mass is 10.0. The first kappa shape index (κ1) is 72.0. The van der Waals surface area contributed by atoms with E-state index in [1.807, 2.05) is 21.1 Å². The van der Waals surface area contributed by atoms with Crippen molar-refractivity contribution in [3.63, 3.8) is 0 Å². The van der Waals surface area contributed by atoms with Gasteiger partial charge in [0.1, 0.15) is 13.2 Å². The van der Waals surface area contributed by atoms with Gasteiger partial charge in [-0.2, -0.15) is 0 Å². The zero-order valence-electron chi connectivity index (χ0n) is 50.0. The average molecular weight is 1050 g/mol. The van der Waals surface area contributed by atoms with Crippen LogP contribution in [0.5, 0.6) is 0 Å². The van der Waals surface area contributed by atoms with Crippen LogP contribution in [0.3, 0.4) is 0 Å². The van der Waals surface area contributed by atoms with E-state index in [-0.39, 0.29) is 32.2 Å². The van der Waals surface area contributed by atoms with Crippen molar-refractivity contribution in [1.29, 1.82) is 0 Å². The van der Waals surface area contributed by atoms with Gasteiger partial charge in [0.25, 0.3) is 0 Å². The lowest BCUT2D eigenvalue weighted by Gasteiger charge is -2.26. The summed E-state index contributed by atoms with van der Waals surface area (Å²) in [4.78, 5) is 37.2. The molecule has 438 valence electrons. The standard InChI is InChI=1S/C65H125NO8/c1-6-8-10-12-14-16-18-20-21-22-23-24-25-26-27-28-29-30-31-32-33-34-35-36-37-38-39-40-41-42-43-44-46-47-49-51-53-55-62(67)72-59-61(60-73-65(64(69)70)71-58-57-66(3,4)5)74-63(68)56-54-52-50-48-45-19-17-15-13-11-9-7-2/h15,17,61,65H,6-14,16,18-60H2,1-5H3/b17-15-. The fourth-order valence-electron chi connectivity index (χ4n) is 9.77. The molecule has 0 aromatic rings. The highest BCUT2D eigenvalue weighted by Gasteiger charge is 2.22. The van der Waals surface area contributed by atoms with Crippen LogP contribution in [0.25, 0.3) is 0 Å². The molecule has 9 heteroatoms. The Hall–Kier alpha value is -1.97. The second-order valence-corrected chi connectivity index (χ2v) is 23.4. The number of carbonyl (C=O) groups is 3. The van der Waals surface area contributed by atoms with Crippen LogP contribution in [-0.2, 0) is 33.3 Å². The third kappa shape index (κ3) is 57.7. The van der Waals surface area contributed by atoms with Crippen LogP contribution in [0.15, 0.2) is 12.2 Å². The highest BCUT2D eigenvalue weighted by Crippen LogP contribution is 2.19. The summed E-state index contributed by atoms with van der Waals surface area (Å²) in [5, 5.41) is 11.7. The lowest BCUT2D eigenvalue weighted by molar-refractivity contribution is -0.870. The van der Waals surface area contributed by atoms with E-state index >= 15 is 0 Å². The Bertz CT molecular complexity index is 1220. The molecule has 0 heterocycles. The smallest absolute Gasteiger partial charge is 0.306 e. The molecule has 2 unspecified atom stereocenters. The quantitative estimate of drug-likeness (QED) is 0.0195. The maximum atomic E-state index is 12.8. The normalized spacial score (nSPS) is 12.7. The van der Waals surface area contributed by atoms with Crippen LogP contribution in [0.4, 0.5) is 0 Å². The van der Waals surface area contributed by atoms with Crippen LogP contribution in [0.2, 0.25) is 0 Å². The molecular weight excluding hydrogens is 923 g/mol. The van der Waals surface area contributed by atoms with Gasteiger partial charge in [0.15, 0.2) is 12.4 Å². The number of carbonyl (C=O) groups excluding carboxylic acids is 3. The minimum atomic E-state index is -1.62. The Labute approximate surface area is 459 Å².